The number of hydrogen-bond donors (Lipinski definition) is 0. The minimum absolute atomic E-state index is 0. The van der Waals surface area contributed by atoms with E-state index in [-0.39, 0.29) is 20.1 Å². The van der Waals surface area contributed by atoms with Crippen molar-refractivity contribution in [3.8, 4) is 39.5 Å². The fraction of sp³-hybridized carbons (Fsp3) is 0.305. The van der Waals surface area contributed by atoms with Crippen LogP contribution in [0, 0.1) is 25.0 Å². The molecule has 339 valence electrons. The van der Waals surface area contributed by atoms with E-state index in [0.29, 0.717) is 23.5 Å². The quantitative estimate of drug-likeness (QED) is 0.107. The second kappa shape index (κ2) is 19.6. The van der Waals surface area contributed by atoms with Gasteiger partial charge in [-0.1, -0.05) is 81.1 Å². The Balaban J connectivity index is 0.000000203. The van der Waals surface area contributed by atoms with Gasteiger partial charge in [0.15, 0.2) is 0 Å². The summed E-state index contributed by atoms with van der Waals surface area (Å²) in [5, 5.41) is 2.02. The Morgan fingerprint density at radius 1 is 0.712 bits per heavy atom. The van der Waals surface area contributed by atoms with Gasteiger partial charge in [0, 0.05) is 36.9 Å². The summed E-state index contributed by atoms with van der Waals surface area (Å²) in [6.07, 6.45) is 8.37. The number of pyridine rings is 2. The van der Waals surface area contributed by atoms with E-state index in [9.17, 15) is 0 Å². The zero-order valence-corrected chi connectivity index (χ0v) is 44.8. The number of aryl methyl sites for hydroxylation is 2. The van der Waals surface area contributed by atoms with Crippen LogP contribution in [0.3, 0.4) is 0 Å². The average Bonchev–Trinajstić information content (AvgIpc) is 3.86. The summed E-state index contributed by atoms with van der Waals surface area (Å²) in [6, 6.07) is 45.7. The number of imidazole rings is 1. The molecule has 66 heavy (non-hydrogen) atoms. The number of hydrogen-bond acceptors (Lipinski definition) is 4. The molecule has 10 rings (SSSR count). The van der Waals surface area contributed by atoms with Crippen LogP contribution in [0.2, 0.25) is 17.3 Å². The topological polar surface area (TPSA) is 56.7 Å². The van der Waals surface area contributed by atoms with Crippen molar-refractivity contribution in [3.63, 3.8) is 0 Å². The molecule has 0 amide bonds. The summed E-state index contributed by atoms with van der Waals surface area (Å²) < 4.78 is 10.3. The zero-order valence-electron chi connectivity index (χ0n) is 40.3. The van der Waals surface area contributed by atoms with E-state index >= 15 is 0 Å². The molecule has 4 heterocycles. The number of fused-ring (bicyclic) bond motifs is 5. The van der Waals surface area contributed by atoms with E-state index in [2.05, 4.69) is 178 Å². The maximum Gasteiger partial charge on any atom is 0.216 e. The van der Waals surface area contributed by atoms with Crippen LogP contribution in [-0.2, 0) is 39.4 Å². The Labute approximate surface area is 408 Å². The third-order valence-corrected chi connectivity index (χ3v) is 17.3. The minimum atomic E-state index is -1.90. The molecular weight excluding hydrogens is 1050 g/mol. The standard InChI is InChI=1S/C37H32N3O.C22H30GeN.Ir/c1-22(2)30-20-26(25-12-7-6-8-13-25)21-31(23(3)4)34(30)40-33-17-10-9-16-32(33)39-36(40)29-15-11-14-27-28-19-18-24(5)38-37(28)41-35(27)29;1-16(2)13-18-14-22(24-15-21(18)23(3,4)5)20-12-8-10-17-9-6-7-11-19(17)20;/h6-14,16-23H,1-5H3;8,10,14-16H,6-7,9,11,13H2,1-5H3;/q2*-1;. The molecule has 7 heteroatoms. The average molecular weight is 1110 g/mol. The first-order valence-electron chi connectivity index (χ1n) is 23.7. The van der Waals surface area contributed by atoms with Crippen molar-refractivity contribution in [1.82, 2.24) is 19.5 Å². The molecule has 1 aliphatic carbocycles. The third kappa shape index (κ3) is 9.39. The van der Waals surface area contributed by atoms with Gasteiger partial charge in [-0.05, 0) is 77.4 Å². The number of aromatic nitrogens is 4. The van der Waals surface area contributed by atoms with Crippen molar-refractivity contribution < 1.29 is 24.5 Å². The molecule has 0 bridgehead atoms. The van der Waals surface area contributed by atoms with Crippen LogP contribution >= 0.6 is 0 Å². The molecule has 5 nitrogen and oxygen atoms in total. The van der Waals surface area contributed by atoms with Crippen LogP contribution in [0.5, 0.6) is 0 Å². The maximum absolute atomic E-state index is 6.44. The number of furan rings is 1. The van der Waals surface area contributed by atoms with Crippen molar-refractivity contribution >= 4 is 50.8 Å². The molecule has 5 aromatic carbocycles. The van der Waals surface area contributed by atoms with Crippen molar-refractivity contribution in [2.45, 2.75) is 110 Å². The van der Waals surface area contributed by atoms with Crippen LogP contribution in [0.25, 0.3) is 72.6 Å². The maximum atomic E-state index is 6.44. The van der Waals surface area contributed by atoms with E-state index in [4.69, 9.17) is 14.4 Å². The van der Waals surface area contributed by atoms with Crippen LogP contribution < -0.4 is 4.40 Å². The Morgan fingerprint density at radius 3 is 2.11 bits per heavy atom. The Bertz CT molecular complexity index is 3140. The number of benzene rings is 5. The first kappa shape index (κ1) is 47.4. The number of para-hydroxylation sites is 2. The molecule has 1 radical (unpaired) electrons. The van der Waals surface area contributed by atoms with Gasteiger partial charge < -0.3 is 8.98 Å². The van der Waals surface area contributed by atoms with E-state index < -0.39 is 13.3 Å². The molecule has 0 atom stereocenters. The van der Waals surface area contributed by atoms with Crippen molar-refractivity contribution in [2.24, 2.45) is 5.92 Å². The summed E-state index contributed by atoms with van der Waals surface area (Å²) in [5.74, 6) is 9.49. The predicted octanol–water partition coefficient (Wildman–Crippen LogP) is 15.2. The molecule has 0 fully saturated rings. The molecule has 0 spiro atoms. The van der Waals surface area contributed by atoms with E-state index in [0.717, 1.165) is 56.6 Å². The van der Waals surface area contributed by atoms with E-state index in [1.165, 1.54) is 75.9 Å². The van der Waals surface area contributed by atoms with Crippen molar-refractivity contribution in [2.75, 3.05) is 0 Å². The molecule has 0 unspecified atom stereocenters. The summed E-state index contributed by atoms with van der Waals surface area (Å²) >= 11 is -1.90. The van der Waals surface area contributed by atoms with Crippen molar-refractivity contribution in [3.05, 3.63) is 161 Å². The van der Waals surface area contributed by atoms with Crippen LogP contribution in [0.1, 0.15) is 99.7 Å². The molecule has 9 aromatic rings. The molecule has 4 aromatic heterocycles. The van der Waals surface area contributed by atoms with Gasteiger partial charge in [0.25, 0.3) is 0 Å². The molecule has 0 saturated heterocycles. The normalized spacial score (nSPS) is 12.8. The Morgan fingerprint density at radius 2 is 1.39 bits per heavy atom. The predicted molar refractivity (Wildman–Crippen MR) is 275 cm³/mol. The van der Waals surface area contributed by atoms with Gasteiger partial charge in [-0.25, -0.2) is 4.98 Å². The van der Waals surface area contributed by atoms with E-state index in [1.54, 1.807) is 4.40 Å². The van der Waals surface area contributed by atoms with E-state index in [1.807, 2.05) is 25.1 Å². The van der Waals surface area contributed by atoms with Gasteiger partial charge in [-0.15, -0.1) is 18.2 Å². The largest absolute Gasteiger partial charge is 0.486 e. The van der Waals surface area contributed by atoms with Gasteiger partial charge in [-0.3, -0.25) is 4.98 Å². The fourth-order valence-corrected chi connectivity index (χ4v) is 13.1. The zero-order chi connectivity index (χ0) is 45.6. The van der Waals surface area contributed by atoms with Gasteiger partial charge in [0.05, 0.1) is 22.4 Å². The summed E-state index contributed by atoms with van der Waals surface area (Å²) in [5.41, 5.74) is 18.3. The van der Waals surface area contributed by atoms with Crippen molar-refractivity contribution in [1.29, 1.82) is 0 Å². The summed E-state index contributed by atoms with van der Waals surface area (Å²) in [4.78, 5) is 14.8. The van der Waals surface area contributed by atoms with Crippen LogP contribution in [0.4, 0.5) is 0 Å². The second-order valence-electron chi connectivity index (χ2n) is 20.1. The second-order valence-corrected chi connectivity index (χ2v) is 30.7. The summed E-state index contributed by atoms with van der Waals surface area (Å²) in [7, 11) is 0. The first-order chi connectivity index (χ1) is 31.3. The fourth-order valence-electron chi connectivity index (χ4n) is 9.77. The molecule has 0 N–H and O–H groups in total. The van der Waals surface area contributed by atoms with Gasteiger partial charge in [0.2, 0.25) is 5.71 Å². The third-order valence-electron chi connectivity index (χ3n) is 13.0. The number of rotatable bonds is 9. The minimum Gasteiger partial charge on any atom is -0.486 e. The molecule has 0 aliphatic heterocycles. The Hall–Kier alpha value is -5.14. The molecule has 0 saturated carbocycles. The van der Waals surface area contributed by atoms with Gasteiger partial charge in [0.1, 0.15) is 0 Å². The number of nitrogens with zero attached hydrogens (tertiary/aromatic N) is 4. The Kier molecular flexibility index (Phi) is 14.1. The summed E-state index contributed by atoms with van der Waals surface area (Å²) in [6.45, 7) is 15.7. The SMILES string of the molecule is CC(C)Cc1cc(-c2[c-]ccc3c2CCCC3)nc[c]1[Ge]([CH3])([CH3])[CH3].Cc1ccc2c(n1)oc1c(-c3nc4ccccc4n3-c3c(C(C)C)cc(-c4ccccc4)cc3C(C)C)[c-]ccc12.[Ir]. The van der Waals surface area contributed by atoms with Crippen LogP contribution in [-0.4, -0.2) is 32.8 Å². The van der Waals surface area contributed by atoms with Gasteiger partial charge >= 0.3 is 150 Å². The molecule has 1 aliphatic rings. The monoisotopic (exact) mass is 1110 g/mol. The first-order valence-corrected chi connectivity index (χ1v) is 31.0. The smallest absolute Gasteiger partial charge is 0.216 e. The molecular formula is C59H62GeIrN4O-2. The van der Waals surface area contributed by atoms with Gasteiger partial charge in [-0.2, -0.15) is 0 Å². The van der Waals surface area contributed by atoms with Crippen LogP contribution in [0.15, 0.2) is 120 Å².